The first-order valence-electron chi connectivity index (χ1n) is 6.95. The van der Waals surface area contributed by atoms with Gasteiger partial charge in [-0.05, 0) is 55.4 Å². The molecule has 0 aromatic heterocycles. The van der Waals surface area contributed by atoms with Crippen molar-refractivity contribution in [3.63, 3.8) is 0 Å². The zero-order valence-electron chi connectivity index (χ0n) is 11.0. The monoisotopic (exact) mass is 248 g/mol. The van der Waals surface area contributed by atoms with Crippen LogP contribution in [-0.4, -0.2) is 19.6 Å². The zero-order chi connectivity index (χ0) is 12.5. The van der Waals surface area contributed by atoms with Gasteiger partial charge in [-0.3, -0.25) is 0 Å². The van der Waals surface area contributed by atoms with Gasteiger partial charge in [-0.15, -0.1) is 0 Å². The Morgan fingerprint density at radius 2 is 2.06 bits per heavy atom. The number of rotatable bonds is 6. The molecule has 0 bridgehead atoms. The maximum absolute atomic E-state index is 13.4. The van der Waals surface area contributed by atoms with E-state index in [-0.39, 0.29) is 5.82 Å². The molecule has 0 atom stereocenters. The van der Waals surface area contributed by atoms with Crippen LogP contribution in [0.4, 0.5) is 10.1 Å². The van der Waals surface area contributed by atoms with Crippen molar-refractivity contribution in [3.8, 4) is 0 Å². The van der Waals surface area contributed by atoms with Gasteiger partial charge in [0.05, 0.1) is 0 Å². The highest BCUT2D eigenvalue weighted by Crippen LogP contribution is 2.32. The molecule has 1 N–H and O–H groups in total. The number of nitrogens with zero attached hydrogens (tertiary/aromatic N) is 1. The maximum Gasteiger partial charge on any atom is 0.123 e. The first-order chi connectivity index (χ1) is 8.72. The average molecular weight is 248 g/mol. The van der Waals surface area contributed by atoms with Gasteiger partial charge in [0, 0.05) is 31.9 Å². The van der Waals surface area contributed by atoms with Crippen molar-refractivity contribution >= 4 is 5.69 Å². The summed E-state index contributed by atoms with van der Waals surface area (Å²) in [5, 5.41) is 3.47. The molecule has 2 fully saturated rings. The van der Waals surface area contributed by atoms with E-state index in [1.54, 1.807) is 12.1 Å². The number of anilines is 1. The largest absolute Gasteiger partial charge is 0.374 e. The molecule has 0 unspecified atom stereocenters. The first-order valence-corrected chi connectivity index (χ1v) is 6.95. The average Bonchev–Trinajstić information content (AvgIpc) is 3.21. The fourth-order valence-electron chi connectivity index (χ4n) is 2.40. The number of hydrogen-bond donors (Lipinski definition) is 1. The molecule has 2 nitrogen and oxygen atoms in total. The summed E-state index contributed by atoms with van der Waals surface area (Å²) in [5.74, 6) is 0.718. The topological polar surface area (TPSA) is 15.3 Å². The molecule has 0 amide bonds. The van der Waals surface area contributed by atoms with E-state index >= 15 is 0 Å². The van der Waals surface area contributed by atoms with E-state index in [0.29, 0.717) is 6.04 Å². The third kappa shape index (κ3) is 3.02. The molecule has 2 saturated carbocycles. The molecule has 0 spiro atoms. The number of hydrogen-bond acceptors (Lipinski definition) is 2. The van der Waals surface area contributed by atoms with E-state index in [9.17, 15) is 4.39 Å². The SMILES string of the molecule is CN(CC1CC1)c1ccc(F)cc1CNC1CC1. The summed E-state index contributed by atoms with van der Waals surface area (Å²) in [4.78, 5) is 2.28. The van der Waals surface area contributed by atoms with Gasteiger partial charge in [0.15, 0.2) is 0 Å². The summed E-state index contributed by atoms with van der Waals surface area (Å²) in [6.45, 7) is 1.88. The Morgan fingerprint density at radius 3 is 2.72 bits per heavy atom. The summed E-state index contributed by atoms with van der Waals surface area (Å²) < 4.78 is 13.4. The Labute approximate surface area is 108 Å². The lowest BCUT2D eigenvalue weighted by Gasteiger charge is -2.22. The van der Waals surface area contributed by atoms with Crippen LogP contribution in [0.2, 0.25) is 0 Å². The van der Waals surface area contributed by atoms with Crippen LogP contribution >= 0.6 is 0 Å². The van der Waals surface area contributed by atoms with E-state index in [4.69, 9.17) is 0 Å². The minimum Gasteiger partial charge on any atom is -0.374 e. The van der Waals surface area contributed by atoms with Crippen LogP contribution in [0.1, 0.15) is 31.2 Å². The number of halogens is 1. The van der Waals surface area contributed by atoms with Crippen LogP contribution in [0, 0.1) is 11.7 Å². The smallest absolute Gasteiger partial charge is 0.123 e. The molecule has 0 saturated heterocycles. The number of nitrogens with one attached hydrogen (secondary N) is 1. The third-order valence-corrected chi connectivity index (χ3v) is 3.84. The van der Waals surface area contributed by atoms with Crippen LogP contribution in [0.5, 0.6) is 0 Å². The predicted molar refractivity (Wildman–Crippen MR) is 72.3 cm³/mol. The summed E-state index contributed by atoms with van der Waals surface area (Å²) >= 11 is 0. The highest BCUT2D eigenvalue weighted by atomic mass is 19.1. The standard InChI is InChI=1S/C15H21FN2/c1-18(10-11-2-3-11)15-7-4-13(16)8-12(15)9-17-14-5-6-14/h4,7-8,11,14,17H,2-3,5-6,9-10H2,1H3. The minimum absolute atomic E-state index is 0.133. The van der Waals surface area contributed by atoms with Crippen molar-refractivity contribution < 1.29 is 4.39 Å². The molecular formula is C15H21FN2. The van der Waals surface area contributed by atoms with Crippen LogP contribution in [0.15, 0.2) is 18.2 Å². The summed E-state index contributed by atoms with van der Waals surface area (Å²) in [5.41, 5.74) is 2.27. The lowest BCUT2D eigenvalue weighted by Crippen LogP contribution is -2.23. The quantitative estimate of drug-likeness (QED) is 0.832. The highest BCUT2D eigenvalue weighted by Gasteiger charge is 2.24. The zero-order valence-corrected chi connectivity index (χ0v) is 11.0. The van der Waals surface area contributed by atoms with E-state index in [1.807, 2.05) is 6.07 Å². The van der Waals surface area contributed by atoms with Crippen LogP contribution in [0.3, 0.4) is 0 Å². The van der Waals surface area contributed by atoms with Crippen molar-refractivity contribution in [3.05, 3.63) is 29.6 Å². The van der Waals surface area contributed by atoms with Gasteiger partial charge in [0.1, 0.15) is 5.82 Å². The second-order valence-corrected chi connectivity index (χ2v) is 5.75. The Bertz CT molecular complexity index is 425. The molecule has 1 aromatic rings. The van der Waals surface area contributed by atoms with Crippen molar-refractivity contribution in [2.45, 2.75) is 38.3 Å². The lowest BCUT2D eigenvalue weighted by molar-refractivity contribution is 0.618. The van der Waals surface area contributed by atoms with Crippen molar-refractivity contribution in [2.75, 3.05) is 18.5 Å². The predicted octanol–water partition coefficient (Wildman–Crippen LogP) is 2.92. The molecule has 0 aliphatic heterocycles. The molecule has 3 heteroatoms. The van der Waals surface area contributed by atoms with E-state index < -0.39 is 0 Å². The normalized spacial score (nSPS) is 19.0. The third-order valence-electron chi connectivity index (χ3n) is 3.84. The first kappa shape index (κ1) is 12.0. The van der Waals surface area contributed by atoms with Gasteiger partial charge in [0.2, 0.25) is 0 Å². The second kappa shape index (κ2) is 4.88. The molecule has 18 heavy (non-hydrogen) atoms. The molecule has 3 rings (SSSR count). The van der Waals surface area contributed by atoms with Crippen LogP contribution < -0.4 is 10.2 Å². The molecule has 1 aromatic carbocycles. The van der Waals surface area contributed by atoms with Crippen LogP contribution in [0.25, 0.3) is 0 Å². The Hall–Kier alpha value is -1.09. The van der Waals surface area contributed by atoms with Crippen LogP contribution in [-0.2, 0) is 6.54 Å². The second-order valence-electron chi connectivity index (χ2n) is 5.75. The van der Waals surface area contributed by atoms with Gasteiger partial charge in [-0.1, -0.05) is 0 Å². The molecule has 0 heterocycles. The van der Waals surface area contributed by atoms with E-state index in [0.717, 1.165) is 24.6 Å². The minimum atomic E-state index is -0.133. The summed E-state index contributed by atoms with van der Waals surface area (Å²) in [6.07, 6.45) is 5.23. The fraction of sp³-hybridized carbons (Fsp3) is 0.600. The molecule has 2 aliphatic rings. The number of benzene rings is 1. The van der Waals surface area contributed by atoms with Gasteiger partial charge in [-0.25, -0.2) is 4.39 Å². The van der Waals surface area contributed by atoms with E-state index in [1.165, 1.54) is 31.4 Å². The molecular weight excluding hydrogens is 227 g/mol. The Morgan fingerprint density at radius 1 is 1.28 bits per heavy atom. The summed E-state index contributed by atoms with van der Waals surface area (Å²) in [6, 6.07) is 5.82. The van der Waals surface area contributed by atoms with Crippen molar-refractivity contribution in [1.82, 2.24) is 5.32 Å². The fourth-order valence-corrected chi connectivity index (χ4v) is 2.40. The van der Waals surface area contributed by atoms with Crippen molar-refractivity contribution in [1.29, 1.82) is 0 Å². The van der Waals surface area contributed by atoms with Crippen molar-refractivity contribution in [2.24, 2.45) is 5.92 Å². The van der Waals surface area contributed by atoms with E-state index in [2.05, 4.69) is 17.3 Å². The van der Waals surface area contributed by atoms with Gasteiger partial charge in [0.25, 0.3) is 0 Å². The Balaban J connectivity index is 1.72. The molecule has 2 aliphatic carbocycles. The van der Waals surface area contributed by atoms with Gasteiger partial charge >= 0.3 is 0 Å². The lowest BCUT2D eigenvalue weighted by atomic mass is 10.1. The highest BCUT2D eigenvalue weighted by molar-refractivity contribution is 5.53. The Kier molecular flexibility index (Phi) is 3.25. The summed E-state index contributed by atoms with van der Waals surface area (Å²) in [7, 11) is 2.12. The van der Waals surface area contributed by atoms with Gasteiger partial charge in [-0.2, -0.15) is 0 Å². The maximum atomic E-state index is 13.4. The molecule has 0 radical (unpaired) electrons. The molecule has 98 valence electrons. The van der Waals surface area contributed by atoms with Gasteiger partial charge < -0.3 is 10.2 Å².